The average molecular weight is 423 g/mol. The quantitative estimate of drug-likeness (QED) is 0.554. The third-order valence-corrected chi connectivity index (χ3v) is 7.36. The molecule has 0 spiro atoms. The zero-order valence-electron chi connectivity index (χ0n) is 18.5. The number of carboxylic acid groups (broad SMARTS) is 1. The van der Waals surface area contributed by atoms with Crippen molar-refractivity contribution < 1.29 is 24.2 Å². The number of aliphatic carboxylic acids is 1. The van der Waals surface area contributed by atoms with Crippen LogP contribution in [-0.4, -0.2) is 58.6 Å². The maximum atomic E-state index is 13.3. The molecule has 3 aliphatic rings. The highest BCUT2D eigenvalue weighted by Crippen LogP contribution is 2.41. The molecule has 0 aromatic heterocycles. The number of carbonyl (C=O) groups is 3. The Hall–Kier alpha value is -1.63. The largest absolute Gasteiger partial charge is 0.480 e. The minimum Gasteiger partial charge on any atom is -0.480 e. The van der Waals surface area contributed by atoms with Crippen LogP contribution in [0.2, 0.25) is 0 Å². The molecule has 2 saturated carbocycles. The number of fused-ring (bicyclic) bond motifs is 1. The molecular formula is C23H38N2O5. The number of carboxylic acids is 1. The van der Waals surface area contributed by atoms with Crippen LogP contribution in [0.1, 0.15) is 84.5 Å². The highest BCUT2D eigenvalue weighted by Gasteiger charge is 2.49. The third-order valence-electron chi connectivity index (χ3n) is 7.36. The van der Waals surface area contributed by atoms with Crippen molar-refractivity contribution in [1.29, 1.82) is 0 Å². The first-order valence-electron chi connectivity index (χ1n) is 11.9. The molecule has 0 aromatic rings. The van der Waals surface area contributed by atoms with Crippen LogP contribution in [0.15, 0.2) is 0 Å². The van der Waals surface area contributed by atoms with Crippen LogP contribution in [-0.2, 0) is 19.1 Å². The van der Waals surface area contributed by atoms with Crippen molar-refractivity contribution in [1.82, 2.24) is 10.2 Å². The molecule has 1 amide bonds. The van der Waals surface area contributed by atoms with Gasteiger partial charge in [0.15, 0.2) is 0 Å². The zero-order valence-corrected chi connectivity index (χ0v) is 18.5. The zero-order chi connectivity index (χ0) is 21.7. The third kappa shape index (κ3) is 5.34. The van der Waals surface area contributed by atoms with Gasteiger partial charge in [-0.25, -0.2) is 4.79 Å². The topological polar surface area (TPSA) is 95.9 Å². The molecule has 0 aromatic carbocycles. The monoisotopic (exact) mass is 422 g/mol. The lowest BCUT2D eigenvalue weighted by Gasteiger charge is -2.32. The molecule has 3 fully saturated rings. The minimum atomic E-state index is -0.927. The van der Waals surface area contributed by atoms with E-state index in [1.54, 1.807) is 18.7 Å². The second-order valence-corrected chi connectivity index (χ2v) is 9.37. The van der Waals surface area contributed by atoms with Gasteiger partial charge in [-0.15, -0.1) is 0 Å². The lowest BCUT2D eigenvalue weighted by Crippen LogP contribution is -2.55. The van der Waals surface area contributed by atoms with Gasteiger partial charge in [0.25, 0.3) is 0 Å². The minimum absolute atomic E-state index is 0.0196. The summed E-state index contributed by atoms with van der Waals surface area (Å²) in [5.41, 5.74) is 0. The highest BCUT2D eigenvalue weighted by atomic mass is 16.5. The summed E-state index contributed by atoms with van der Waals surface area (Å²) >= 11 is 0. The van der Waals surface area contributed by atoms with Gasteiger partial charge >= 0.3 is 11.9 Å². The van der Waals surface area contributed by atoms with E-state index in [1.165, 1.54) is 32.1 Å². The Balaban J connectivity index is 1.64. The van der Waals surface area contributed by atoms with Gasteiger partial charge in [0.1, 0.15) is 12.1 Å². The lowest BCUT2D eigenvalue weighted by atomic mass is 9.85. The number of nitrogens with one attached hydrogen (secondary N) is 1. The van der Waals surface area contributed by atoms with Gasteiger partial charge in [-0.1, -0.05) is 38.5 Å². The Morgan fingerprint density at radius 1 is 1.10 bits per heavy atom. The van der Waals surface area contributed by atoms with Crippen molar-refractivity contribution in [2.45, 2.75) is 109 Å². The van der Waals surface area contributed by atoms with Gasteiger partial charge in [0, 0.05) is 6.04 Å². The van der Waals surface area contributed by atoms with E-state index < -0.39 is 24.1 Å². The summed E-state index contributed by atoms with van der Waals surface area (Å²) in [7, 11) is 0. The Morgan fingerprint density at radius 3 is 2.50 bits per heavy atom. The fraction of sp³-hybridized carbons (Fsp3) is 0.870. The van der Waals surface area contributed by atoms with Crippen molar-refractivity contribution in [2.75, 3.05) is 6.61 Å². The molecule has 170 valence electrons. The first-order valence-corrected chi connectivity index (χ1v) is 11.9. The van der Waals surface area contributed by atoms with Crippen LogP contribution >= 0.6 is 0 Å². The normalized spacial score (nSPS) is 28.7. The molecule has 0 radical (unpaired) electrons. The number of amides is 1. The first-order chi connectivity index (χ1) is 14.4. The molecule has 7 nitrogen and oxygen atoms in total. The molecule has 2 unspecified atom stereocenters. The van der Waals surface area contributed by atoms with E-state index in [0.29, 0.717) is 25.4 Å². The van der Waals surface area contributed by atoms with Crippen LogP contribution in [0.5, 0.6) is 0 Å². The van der Waals surface area contributed by atoms with Gasteiger partial charge in [-0.3, -0.25) is 14.9 Å². The van der Waals surface area contributed by atoms with E-state index in [2.05, 4.69) is 5.32 Å². The number of rotatable bonds is 9. The Labute approximate surface area is 179 Å². The van der Waals surface area contributed by atoms with E-state index in [1.807, 2.05) is 0 Å². The fourth-order valence-electron chi connectivity index (χ4n) is 5.81. The van der Waals surface area contributed by atoms with Crippen molar-refractivity contribution in [2.24, 2.45) is 11.8 Å². The van der Waals surface area contributed by atoms with Crippen LogP contribution in [0.25, 0.3) is 0 Å². The fourth-order valence-corrected chi connectivity index (χ4v) is 5.81. The van der Waals surface area contributed by atoms with Crippen molar-refractivity contribution >= 4 is 17.8 Å². The van der Waals surface area contributed by atoms with Gasteiger partial charge in [-0.05, 0) is 57.8 Å². The van der Waals surface area contributed by atoms with E-state index in [9.17, 15) is 19.5 Å². The maximum Gasteiger partial charge on any atom is 0.326 e. The van der Waals surface area contributed by atoms with Crippen molar-refractivity contribution in [3.63, 3.8) is 0 Å². The van der Waals surface area contributed by atoms with Crippen molar-refractivity contribution in [3.8, 4) is 0 Å². The molecule has 2 N–H and O–H groups in total. The van der Waals surface area contributed by atoms with E-state index >= 15 is 0 Å². The maximum absolute atomic E-state index is 13.3. The molecule has 1 saturated heterocycles. The Morgan fingerprint density at radius 2 is 1.83 bits per heavy atom. The smallest absolute Gasteiger partial charge is 0.326 e. The van der Waals surface area contributed by atoms with Gasteiger partial charge in [0.05, 0.1) is 12.6 Å². The van der Waals surface area contributed by atoms with Gasteiger partial charge < -0.3 is 14.7 Å². The number of likely N-dealkylation sites (tertiary alicyclic amines) is 1. The highest BCUT2D eigenvalue weighted by molar-refractivity contribution is 5.88. The first kappa shape index (κ1) is 23.0. The summed E-state index contributed by atoms with van der Waals surface area (Å²) < 4.78 is 5.26. The SMILES string of the molecule is CCOC(=O)[C@H](CCC1CCCCC1)N[C@@H](C)C(=O)N1C(C(=O)O)CC2CCC[C@@H]21. The number of carbonyl (C=O) groups excluding carboxylic acids is 2. The average Bonchev–Trinajstić information content (AvgIpc) is 3.32. The van der Waals surface area contributed by atoms with E-state index in [4.69, 9.17) is 4.74 Å². The molecule has 3 rings (SSSR count). The number of nitrogens with zero attached hydrogens (tertiary/aromatic N) is 1. The summed E-state index contributed by atoms with van der Waals surface area (Å²) in [6.07, 6.45) is 11.3. The Bertz CT molecular complexity index is 619. The Kier molecular flexibility index (Phi) is 8.14. The molecular weight excluding hydrogens is 384 g/mol. The molecule has 0 bridgehead atoms. The molecule has 30 heavy (non-hydrogen) atoms. The van der Waals surface area contributed by atoms with Crippen molar-refractivity contribution in [3.05, 3.63) is 0 Å². The van der Waals surface area contributed by atoms with E-state index in [-0.39, 0.29) is 23.8 Å². The van der Waals surface area contributed by atoms with Crippen LogP contribution < -0.4 is 5.32 Å². The summed E-state index contributed by atoms with van der Waals surface area (Å²) in [6, 6.07) is -1.88. The second-order valence-electron chi connectivity index (χ2n) is 9.37. The standard InChI is InChI=1S/C23H38N2O5/c1-3-30-23(29)18(13-12-16-8-5-4-6-9-16)24-15(2)21(26)25-19-11-7-10-17(19)14-20(25)22(27)28/h15-20,24H,3-14H2,1-2H3,(H,27,28)/t15-,17?,18-,19-,20?/m0/s1. The van der Waals surface area contributed by atoms with E-state index in [0.717, 1.165) is 25.7 Å². The second kappa shape index (κ2) is 10.6. The van der Waals surface area contributed by atoms with Gasteiger partial charge in [-0.2, -0.15) is 0 Å². The predicted octanol–water partition coefficient (Wildman–Crippen LogP) is 3.11. The van der Waals surface area contributed by atoms with Crippen LogP contribution in [0.3, 0.4) is 0 Å². The molecule has 7 heteroatoms. The number of hydrogen-bond acceptors (Lipinski definition) is 5. The summed E-state index contributed by atoms with van der Waals surface area (Å²) in [5, 5.41) is 12.8. The molecule has 5 atom stereocenters. The number of hydrogen-bond donors (Lipinski definition) is 2. The molecule has 1 heterocycles. The predicted molar refractivity (Wildman–Crippen MR) is 113 cm³/mol. The lowest BCUT2D eigenvalue weighted by molar-refractivity contribution is -0.151. The van der Waals surface area contributed by atoms with Gasteiger partial charge in [0.2, 0.25) is 5.91 Å². The summed E-state index contributed by atoms with van der Waals surface area (Å²) in [6.45, 7) is 3.84. The summed E-state index contributed by atoms with van der Waals surface area (Å²) in [4.78, 5) is 39.2. The van der Waals surface area contributed by atoms with Crippen LogP contribution in [0.4, 0.5) is 0 Å². The van der Waals surface area contributed by atoms with Crippen LogP contribution in [0, 0.1) is 11.8 Å². The molecule has 2 aliphatic carbocycles. The molecule has 1 aliphatic heterocycles. The number of ether oxygens (including phenoxy) is 1. The summed E-state index contributed by atoms with van der Waals surface area (Å²) in [5.74, 6) is -0.525. The number of esters is 1.